The zero-order valence-corrected chi connectivity index (χ0v) is 28.5. The summed E-state index contributed by atoms with van der Waals surface area (Å²) in [7, 11) is -4.46. The third kappa shape index (κ3) is 5.26. The molecule has 0 spiro atoms. The van der Waals surface area contributed by atoms with Crippen LogP contribution in [0.1, 0.15) is 75.5 Å². The van der Waals surface area contributed by atoms with Gasteiger partial charge in [0.15, 0.2) is 17.4 Å². The topological polar surface area (TPSA) is 159 Å². The van der Waals surface area contributed by atoms with Crippen LogP contribution in [-0.4, -0.2) is 72.2 Å². The number of H-pyrrole nitrogens is 1. The molecule has 2 aliphatic heterocycles. The first-order chi connectivity index (χ1) is 19.5. The van der Waals surface area contributed by atoms with Gasteiger partial charge in [-0.25, -0.2) is 9.36 Å². The number of ether oxygens (including phenoxy) is 1. The molecule has 4 heterocycles. The summed E-state index contributed by atoms with van der Waals surface area (Å²) in [5.74, 6) is -0.819. The summed E-state index contributed by atoms with van der Waals surface area (Å²) in [5.41, 5.74) is -0.936. The van der Waals surface area contributed by atoms with Gasteiger partial charge in [-0.15, -0.1) is 0 Å². The summed E-state index contributed by atoms with van der Waals surface area (Å²) in [6, 6.07) is 0. The number of aliphatic hydroxyl groups excluding tert-OH is 1. The highest BCUT2D eigenvalue weighted by Crippen LogP contribution is 2.48. The third-order valence-electron chi connectivity index (χ3n) is 8.59. The maximum absolute atomic E-state index is 13.6. The lowest BCUT2D eigenvalue weighted by atomic mass is 10.1. The van der Waals surface area contributed by atoms with Gasteiger partial charge in [0.25, 0.3) is 5.56 Å². The molecule has 2 aromatic heterocycles. The smallest absolute Gasteiger partial charge is 0.335 e. The number of aliphatic hydroxyl groups is 1. The van der Waals surface area contributed by atoms with Crippen molar-refractivity contribution in [2.75, 3.05) is 11.9 Å². The number of aromatic amines is 1. The molecule has 42 heavy (non-hydrogen) atoms. The normalized spacial score (nSPS) is 25.9. The molecule has 0 bridgehead atoms. The molecular weight excluding hydrogens is 578 g/mol. The van der Waals surface area contributed by atoms with E-state index in [2.05, 4.69) is 70.7 Å². The van der Waals surface area contributed by atoms with Crippen LogP contribution in [0.5, 0.6) is 0 Å². The van der Waals surface area contributed by atoms with E-state index in [1.807, 2.05) is 0 Å². The van der Waals surface area contributed by atoms with Crippen molar-refractivity contribution in [2.45, 2.75) is 116 Å². The number of hydrogen-bond acceptors (Lipinski definition) is 9. The van der Waals surface area contributed by atoms with Gasteiger partial charge >= 0.3 is 22.8 Å². The van der Waals surface area contributed by atoms with Crippen LogP contribution in [0, 0.1) is 5.92 Å². The standard InChI is InChI=1S/C27H47N5O8Si2/c1-13(2)23(34)29-26-28-22-19(24(35)30-26)31(11)27(36)32(22)25-20(33)21-18(38-25)12-37-41(14(3)4,15(5)6)40-42(39-21,16(7)8)17(9)10/h13-18,20-21,25,33H,12H2,1-11H3,(H2,28,29,30,34,35)/t18-,20-,21-,25-/m1/s1. The molecule has 236 valence electrons. The Morgan fingerprint density at radius 1 is 1.00 bits per heavy atom. The van der Waals surface area contributed by atoms with Crippen LogP contribution >= 0.6 is 0 Å². The van der Waals surface area contributed by atoms with Gasteiger partial charge in [0, 0.05) is 13.0 Å². The van der Waals surface area contributed by atoms with Crippen LogP contribution in [-0.2, 0) is 29.5 Å². The van der Waals surface area contributed by atoms with Gasteiger partial charge in [0.2, 0.25) is 11.9 Å². The number of aromatic nitrogens is 4. The summed E-state index contributed by atoms with van der Waals surface area (Å²) in [6.45, 7) is 20.3. The molecule has 0 aromatic carbocycles. The van der Waals surface area contributed by atoms with Gasteiger partial charge < -0.3 is 22.8 Å². The minimum atomic E-state index is -3.06. The minimum absolute atomic E-state index is 0.0118. The van der Waals surface area contributed by atoms with E-state index >= 15 is 0 Å². The predicted molar refractivity (Wildman–Crippen MR) is 163 cm³/mol. The van der Waals surface area contributed by atoms with E-state index in [1.54, 1.807) is 13.8 Å². The number of aryl methyl sites for hydroxylation is 1. The maximum Gasteiger partial charge on any atom is 0.335 e. The van der Waals surface area contributed by atoms with Gasteiger partial charge in [0.05, 0.1) is 6.61 Å². The molecule has 4 atom stereocenters. The number of hydrogen-bond donors (Lipinski definition) is 3. The van der Waals surface area contributed by atoms with Gasteiger partial charge in [-0.1, -0.05) is 69.2 Å². The Morgan fingerprint density at radius 2 is 1.57 bits per heavy atom. The van der Waals surface area contributed by atoms with E-state index in [9.17, 15) is 19.5 Å². The van der Waals surface area contributed by atoms with Crippen molar-refractivity contribution < 1.29 is 27.6 Å². The Bertz CT molecular complexity index is 1420. The SMILES string of the molecule is CC(C)C(=O)Nc1nc2c(c(=O)[nH]1)n(C)c(=O)n2[C@@H]1O[C@@H]2CO[Si](C(C)C)(C(C)C)O[Si](C(C)C)(C(C)C)O[C@H]2[C@H]1O. The van der Waals surface area contributed by atoms with Crippen molar-refractivity contribution in [3.63, 3.8) is 0 Å². The van der Waals surface area contributed by atoms with Crippen molar-refractivity contribution in [1.29, 1.82) is 0 Å². The summed E-state index contributed by atoms with van der Waals surface area (Å²) in [5, 5.41) is 14.3. The Labute approximate surface area is 248 Å². The zero-order valence-electron chi connectivity index (χ0n) is 26.5. The van der Waals surface area contributed by atoms with Crippen molar-refractivity contribution in [3.8, 4) is 0 Å². The van der Waals surface area contributed by atoms with Gasteiger partial charge in [-0.05, 0) is 22.2 Å². The fourth-order valence-electron chi connectivity index (χ4n) is 6.17. The first-order valence-corrected chi connectivity index (χ1v) is 18.8. The Kier molecular flexibility index (Phi) is 9.16. The molecule has 2 aromatic rings. The number of carbonyl (C=O) groups excluding carboxylic acids is 1. The lowest BCUT2D eigenvalue weighted by Crippen LogP contribution is -2.65. The second-order valence-electron chi connectivity index (χ2n) is 13.1. The van der Waals surface area contributed by atoms with Crippen LogP contribution in [0.15, 0.2) is 9.59 Å². The van der Waals surface area contributed by atoms with E-state index < -0.39 is 52.9 Å². The maximum atomic E-state index is 13.6. The Morgan fingerprint density at radius 3 is 2.10 bits per heavy atom. The lowest BCUT2D eigenvalue weighted by Gasteiger charge is -2.51. The highest BCUT2D eigenvalue weighted by atomic mass is 28.5. The molecule has 0 unspecified atom stereocenters. The van der Waals surface area contributed by atoms with Crippen LogP contribution in [0.4, 0.5) is 5.95 Å². The Balaban J connectivity index is 1.84. The van der Waals surface area contributed by atoms with Crippen LogP contribution in [0.25, 0.3) is 11.2 Å². The first kappa shape index (κ1) is 32.8. The summed E-state index contributed by atoms with van der Waals surface area (Å²) >= 11 is 0. The zero-order chi connectivity index (χ0) is 31.5. The van der Waals surface area contributed by atoms with E-state index in [1.165, 1.54) is 11.6 Å². The third-order valence-corrected chi connectivity index (χ3v) is 18.8. The second-order valence-corrected chi connectivity index (χ2v) is 21.9. The van der Waals surface area contributed by atoms with Gasteiger partial charge in [-0.2, -0.15) is 4.98 Å². The molecule has 3 N–H and O–H groups in total. The van der Waals surface area contributed by atoms with Crippen molar-refractivity contribution >= 4 is 40.1 Å². The minimum Gasteiger partial charge on any atom is -0.414 e. The van der Waals surface area contributed by atoms with E-state index in [4.69, 9.17) is 17.7 Å². The van der Waals surface area contributed by atoms with Crippen LogP contribution in [0.3, 0.4) is 0 Å². The second kappa shape index (κ2) is 11.7. The van der Waals surface area contributed by atoms with E-state index in [0.29, 0.717) is 0 Å². The number of carbonyl (C=O) groups is 1. The number of fused-ring (bicyclic) bond motifs is 2. The fourth-order valence-corrected chi connectivity index (χ4v) is 17.4. The first-order valence-electron chi connectivity index (χ1n) is 14.9. The monoisotopic (exact) mass is 625 g/mol. The highest BCUT2D eigenvalue weighted by molar-refractivity contribution is 6.84. The Hall–Kier alpha value is -2.15. The van der Waals surface area contributed by atoms with Crippen LogP contribution in [0.2, 0.25) is 22.2 Å². The number of anilines is 1. The lowest BCUT2D eigenvalue weighted by molar-refractivity contribution is -0.118. The summed E-state index contributed by atoms with van der Waals surface area (Å²) in [4.78, 5) is 45.9. The largest absolute Gasteiger partial charge is 0.414 e. The molecular formula is C27H47N5O8Si2. The molecule has 4 rings (SSSR count). The quantitative estimate of drug-likeness (QED) is 0.393. The molecule has 0 aliphatic carbocycles. The summed E-state index contributed by atoms with van der Waals surface area (Å²) in [6.07, 6.45) is -4.06. The van der Waals surface area contributed by atoms with Crippen molar-refractivity contribution in [3.05, 3.63) is 20.8 Å². The molecule has 2 aliphatic rings. The predicted octanol–water partition coefficient (Wildman–Crippen LogP) is 3.23. The van der Waals surface area contributed by atoms with Crippen molar-refractivity contribution in [2.24, 2.45) is 13.0 Å². The molecule has 0 radical (unpaired) electrons. The highest BCUT2D eigenvalue weighted by Gasteiger charge is 2.62. The molecule has 0 saturated carbocycles. The van der Waals surface area contributed by atoms with E-state index in [0.717, 1.165) is 4.57 Å². The molecule has 1 amide bonds. The molecule has 13 nitrogen and oxygen atoms in total. The van der Waals surface area contributed by atoms with E-state index in [-0.39, 0.29) is 57.7 Å². The summed E-state index contributed by atoms with van der Waals surface area (Å²) < 4.78 is 29.6. The number of nitrogens with one attached hydrogen (secondary N) is 2. The fraction of sp³-hybridized carbons (Fsp3) is 0.778. The number of rotatable bonds is 7. The average molecular weight is 626 g/mol. The molecule has 15 heteroatoms. The van der Waals surface area contributed by atoms with Crippen LogP contribution < -0.4 is 16.6 Å². The molecule has 2 saturated heterocycles. The molecule has 2 fully saturated rings. The average Bonchev–Trinajstić information content (AvgIpc) is 3.30. The van der Waals surface area contributed by atoms with Gasteiger partial charge in [-0.3, -0.25) is 24.5 Å². The number of nitrogens with zero attached hydrogens (tertiary/aromatic N) is 3. The number of amides is 1. The van der Waals surface area contributed by atoms with Crippen molar-refractivity contribution in [1.82, 2.24) is 19.1 Å². The van der Waals surface area contributed by atoms with Gasteiger partial charge in [0.1, 0.15) is 18.3 Å². The number of imidazole rings is 1.